The summed E-state index contributed by atoms with van der Waals surface area (Å²) >= 11 is 0. The Labute approximate surface area is 288 Å². The molecule has 0 radical (unpaired) electrons. The molecule has 4 N–H and O–H groups in total. The number of pyridine rings is 1. The first kappa shape index (κ1) is 36.4. The Hall–Kier alpha value is -3.85. The van der Waals surface area contributed by atoms with Gasteiger partial charge in [0.1, 0.15) is 29.2 Å². The number of nitrogens with zero attached hydrogens (tertiary/aromatic N) is 5. The first-order valence-electron chi connectivity index (χ1n) is 17.7. The Balaban J connectivity index is 0.927. The number of hydrogen-bond donors (Lipinski definition) is 3. The lowest BCUT2D eigenvalue weighted by molar-refractivity contribution is -0.910. The number of hydrogen-bond acceptors (Lipinski definition) is 10. The van der Waals surface area contributed by atoms with Crippen LogP contribution >= 0.6 is 0 Å². The number of ether oxygens (including phenoxy) is 3. The number of amides is 3. The van der Waals surface area contributed by atoms with Crippen LogP contribution in [-0.4, -0.2) is 135 Å². The summed E-state index contributed by atoms with van der Waals surface area (Å²) in [6.45, 7) is 11.8. The molecule has 4 heterocycles. The fraction of sp³-hybridized carbons (Fsp3) is 0.629. The van der Waals surface area contributed by atoms with E-state index in [-0.39, 0.29) is 43.2 Å². The van der Waals surface area contributed by atoms with Gasteiger partial charge in [0, 0.05) is 42.8 Å². The second-order valence-electron chi connectivity index (χ2n) is 13.4. The molecule has 14 heteroatoms. The van der Waals surface area contributed by atoms with E-state index in [2.05, 4.69) is 46.3 Å². The third-order valence-corrected chi connectivity index (χ3v) is 9.56. The summed E-state index contributed by atoms with van der Waals surface area (Å²) in [5.41, 5.74) is 10.0. The van der Waals surface area contributed by atoms with Gasteiger partial charge in [-0.05, 0) is 24.6 Å². The number of likely N-dealkylation sites (tertiary alicyclic amines) is 1. The number of imidazole rings is 1. The van der Waals surface area contributed by atoms with Crippen molar-refractivity contribution < 1.29 is 33.1 Å². The van der Waals surface area contributed by atoms with Gasteiger partial charge in [-0.1, -0.05) is 20.3 Å². The molecule has 268 valence electrons. The minimum absolute atomic E-state index is 0.0689. The van der Waals surface area contributed by atoms with Crippen molar-refractivity contribution in [2.45, 2.75) is 46.0 Å². The number of aromatic amines is 1. The number of aryl methyl sites for hydroxylation is 1. The normalized spacial score (nSPS) is 17.9. The van der Waals surface area contributed by atoms with E-state index in [1.807, 2.05) is 6.07 Å². The zero-order chi connectivity index (χ0) is 34.8. The third kappa shape index (κ3) is 9.65. The zero-order valence-corrected chi connectivity index (χ0v) is 29.3. The maximum atomic E-state index is 12.2. The Morgan fingerprint density at radius 1 is 1.06 bits per heavy atom. The van der Waals surface area contributed by atoms with Gasteiger partial charge in [0.25, 0.3) is 0 Å². The van der Waals surface area contributed by atoms with Crippen LogP contribution in [0.5, 0.6) is 0 Å². The van der Waals surface area contributed by atoms with Crippen molar-refractivity contribution in [3.8, 4) is 0 Å². The van der Waals surface area contributed by atoms with Crippen molar-refractivity contribution in [1.82, 2.24) is 25.2 Å². The fourth-order valence-corrected chi connectivity index (χ4v) is 6.35. The molecule has 3 amide bonds. The Kier molecular flexibility index (Phi) is 12.8. The highest BCUT2D eigenvalue weighted by Crippen LogP contribution is 2.30. The second kappa shape index (κ2) is 17.2. The lowest BCUT2D eigenvalue weighted by atomic mass is 10.1. The smallest absolute Gasteiger partial charge is 0.232 e. The molecule has 1 atom stereocenters. The van der Waals surface area contributed by atoms with E-state index in [0.29, 0.717) is 51.8 Å². The maximum absolute atomic E-state index is 12.2. The van der Waals surface area contributed by atoms with Crippen LogP contribution in [0.1, 0.15) is 45.4 Å². The number of nitrogens with one attached hydrogen (secondary N) is 2. The van der Waals surface area contributed by atoms with Gasteiger partial charge in [-0.15, -0.1) is 0 Å². The number of quaternary nitrogens is 1. The van der Waals surface area contributed by atoms with E-state index in [4.69, 9.17) is 24.9 Å². The lowest BCUT2D eigenvalue weighted by Gasteiger charge is -2.42. The average molecular weight is 682 g/mol. The number of piperazine rings is 1. The van der Waals surface area contributed by atoms with Crippen LogP contribution in [0.15, 0.2) is 18.2 Å². The minimum atomic E-state index is -0.239. The van der Waals surface area contributed by atoms with E-state index in [0.717, 1.165) is 84.2 Å². The van der Waals surface area contributed by atoms with Crippen LogP contribution in [0.4, 0.5) is 11.5 Å². The number of anilines is 2. The van der Waals surface area contributed by atoms with Crippen molar-refractivity contribution in [3.05, 3.63) is 24.0 Å². The van der Waals surface area contributed by atoms with Gasteiger partial charge in [-0.3, -0.25) is 19.3 Å². The van der Waals surface area contributed by atoms with E-state index >= 15 is 0 Å². The van der Waals surface area contributed by atoms with Crippen molar-refractivity contribution in [1.29, 1.82) is 0 Å². The van der Waals surface area contributed by atoms with Crippen LogP contribution < -0.4 is 16.0 Å². The Bertz CT molecular complexity index is 1590. The van der Waals surface area contributed by atoms with Gasteiger partial charge in [-0.25, -0.2) is 9.97 Å². The fourth-order valence-electron chi connectivity index (χ4n) is 6.35. The molecule has 2 fully saturated rings. The number of fused-ring (bicyclic) bond motifs is 3. The van der Waals surface area contributed by atoms with E-state index in [9.17, 15) is 14.4 Å². The number of nitrogens with two attached hydrogens (primary N) is 1. The highest BCUT2D eigenvalue weighted by atomic mass is 16.5. The average Bonchev–Trinajstić information content (AvgIpc) is 3.63. The van der Waals surface area contributed by atoms with Crippen LogP contribution in [0.2, 0.25) is 0 Å². The first-order chi connectivity index (χ1) is 23.7. The molecule has 0 saturated carbocycles. The SMILES string of the molecule is CCCCc1nc2c([nH]1)c(N)nc1ccc(N3CC[N+](C)(CCOCCC(=O)NCCOCCOCCN4C(=O)CC(C)C4=O)CC3)cc12. The summed E-state index contributed by atoms with van der Waals surface area (Å²) < 4.78 is 17.7. The predicted octanol–water partition coefficient (Wildman–Crippen LogP) is 2.25. The third-order valence-electron chi connectivity index (χ3n) is 9.56. The number of likely N-dealkylation sites (N-methyl/N-ethyl adjacent to an activating group) is 1. The van der Waals surface area contributed by atoms with Gasteiger partial charge in [-0.2, -0.15) is 0 Å². The largest absolute Gasteiger partial charge is 0.382 e. The Morgan fingerprint density at radius 3 is 2.55 bits per heavy atom. The summed E-state index contributed by atoms with van der Waals surface area (Å²) in [5, 5.41) is 3.87. The second-order valence-corrected chi connectivity index (χ2v) is 13.4. The molecule has 3 aromatic rings. The number of benzene rings is 1. The molecule has 1 unspecified atom stereocenters. The molecule has 2 aliphatic rings. The number of carbonyl (C=O) groups excluding carboxylic acids is 3. The summed E-state index contributed by atoms with van der Waals surface area (Å²) in [6, 6.07) is 6.38. The molecule has 14 nitrogen and oxygen atoms in total. The highest BCUT2D eigenvalue weighted by molar-refractivity contribution is 6.07. The number of nitrogen functional groups attached to an aromatic ring is 1. The molecule has 2 aliphatic heterocycles. The molecular weight excluding hydrogens is 628 g/mol. The molecule has 5 rings (SSSR count). The molecule has 0 bridgehead atoms. The lowest BCUT2D eigenvalue weighted by Crippen LogP contribution is -2.58. The Morgan fingerprint density at radius 2 is 1.82 bits per heavy atom. The van der Waals surface area contributed by atoms with Crippen molar-refractivity contribution in [3.63, 3.8) is 0 Å². The topological polar surface area (TPSA) is 165 Å². The first-order valence-corrected chi connectivity index (χ1v) is 17.7. The van der Waals surface area contributed by atoms with E-state index < -0.39 is 0 Å². The summed E-state index contributed by atoms with van der Waals surface area (Å²) in [7, 11) is 2.27. The van der Waals surface area contributed by atoms with Crippen LogP contribution in [-0.2, 0) is 35.0 Å². The molecule has 1 aromatic carbocycles. The molecular formula is C35H53N8O6+. The van der Waals surface area contributed by atoms with Crippen molar-refractivity contribution in [2.75, 3.05) is 103 Å². The molecule has 0 spiro atoms. The summed E-state index contributed by atoms with van der Waals surface area (Å²) in [6.07, 6.45) is 3.67. The van der Waals surface area contributed by atoms with Gasteiger partial charge in [0.05, 0.1) is 84.9 Å². The van der Waals surface area contributed by atoms with E-state index in [1.165, 1.54) is 10.6 Å². The monoisotopic (exact) mass is 681 g/mol. The van der Waals surface area contributed by atoms with Crippen LogP contribution in [0.25, 0.3) is 21.9 Å². The molecule has 2 saturated heterocycles. The maximum Gasteiger partial charge on any atom is 0.232 e. The van der Waals surface area contributed by atoms with Gasteiger partial charge < -0.3 is 39.6 Å². The number of rotatable bonds is 19. The molecule has 49 heavy (non-hydrogen) atoms. The number of unbranched alkanes of at least 4 members (excludes halogenated alkanes) is 1. The van der Waals surface area contributed by atoms with Crippen LogP contribution in [0.3, 0.4) is 0 Å². The highest BCUT2D eigenvalue weighted by Gasteiger charge is 2.35. The summed E-state index contributed by atoms with van der Waals surface area (Å²) in [5.74, 6) is 0.870. The minimum Gasteiger partial charge on any atom is -0.382 e. The molecule has 0 aliphatic carbocycles. The quantitative estimate of drug-likeness (QED) is 0.0971. The van der Waals surface area contributed by atoms with Crippen LogP contribution in [0, 0.1) is 5.92 Å². The van der Waals surface area contributed by atoms with Gasteiger partial charge >= 0.3 is 0 Å². The summed E-state index contributed by atoms with van der Waals surface area (Å²) in [4.78, 5) is 52.4. The van der Waals surface area contributed by atoms with Gasteiger partial charge in [0.15, 0.2) is 0 Å². The van der Waals surface area contributed by atoms with Gasteiger partial charge in [0.2, 0.25) is 17.7 Å². The molecule has 2 aromatic heterocycles. The number of carbonyl (C=O) groups is 3. The predicted molar refractivity (Wildman–Crippen MR) is 188 cm³/mol. The van der Waals surface area contributed by atoms with Crippen molar-refractivity contribution >= 4 is 51.2 Å². The van der Waals surface area contributed by atoms with E-state index in [1.54, 1.807) is 6.92 Å². The zero-order valence-electron chi connectivity index (χ0n) is 29.3. The number of aromatic nitrogens is 3. The standard InChI is InChI=1S/C35H52N8O6/c1-4-5-6-29-39-32-27-24-26(7-8-28(27)38-34(36)33(32)40-29)41-11-14-43(3,15-12-41)16-20-47-17-9-30(44)37-10-18-48-21-22-49-19-13-42-31(45)23-25(2)35(42)46/h7-8,24-25H,4-6,9-23H2,1-3H3,(H3-,36,37,38,39,40,44)/p+1. The van der Waals surface area contributed by atoms with Crippen molar-refractivity contribution in [2.24, 2.45) is 5.92 Å². The number of H-pyrrole nitrogens is 1. The number of imide groups is 1.